The van der Waals surface area contributed by atoms with Crippen LogP contribution in [0.15, 0.2) is 47.2 Å². The summed E-state index contributed by atoms with van der Waals surface area (Å²) >= 11 is 1.52. The Balaban J connectivity index is 1.54. The standard InChI is InChI=1S/C19H18N6O2S/c1-12-3-4-24(10-14-8-20-13(2)7-21-14)18(27)16(12)17(26)22-9-15-11-25-5-6-28-19(25)23-15/h3-8,11H,9-10H2,1-2H3,(H,22,26). The number of nitrogens with zero attached hydrogens (tertiary/aromatic N) is 5. The summed E-state index contributed by atoms with van der Waals surface area (Å²) in [5.74, 6) is -0.414. The summed E-state index contributed by atoms with van der Waals surface area (Å²) in [6, 6.07) is 1.75. The number of hydrogen-bond acceptors (Lipinski definition) is 6. The summed E-state index contributed by atoms with van der Waals surface area (Å²) in [5.41, 5.74) is 2.60. The highest BCUT2D eigenvalue weighted by Gasteiger charge is 2.16. The number of carbonyl (C=O) groups excluding carboxylic acids is 1. The molecule has 28 heavy (non-hydrogen) atoms. The molecule has 1 N–H and O–H groups in total. The van der Waals surface area contributed by atoms with Crippen LogP contribution >= 0.6 is 11.3 Å². The zero-order chi connectivity index (χ0) is 19.7. The van der Waals surface area contributed by atoms with Gasteiger partial charge in [-0.15, -0.1) is 11.3 Å². The van der Waals surface area contributed by atoms with Crippen molar-refractivity contribution in [3.05, 3.63) is 81.0 Å². The van der Waals surface area contributed by atoms with Gasteiger partial charge < -0.3 is 9.88 Å². The Hall–Kier alpha value is -3.33. The molecule has 0 spiro atoms. The van der Waals surface area contributed by atoms with Gasteiger partial charge in [0.05, 0.1) is 36.4 Å². The molecule has 0 radical (unpaired) electrons. The molecular weight excluding hydrogens is 376 g/mol. The molecule has 0 aromatic carbocycles. The number of aromatic nitrogens is 5. The Kier molecular flexibility index (Phi) is 4.74. The molecule has 142 valence electrons. The van der Waals surface area contributed by atoms with Gasteiger partial charge >= 0.3 is 0 Å². The number of aryl methyl sites for hydroxylation is 2. The van der Waals surface area contributed by atoms with Crippen molar-refractivity contribution in [3.63, 3.8) is 0 Å². The van der Waals surface area contributed by atoms with Crippen molar-refractivity contribution in [3.8, 4) is 0 Å². The first-order valence-corrected chi connectivity index (χ1v) is 9.56. The van der Waals surface area contributed by atoms with Gasteiger partial charge in [0.2, 0.25) is 0 Å². The Bertz CT molecular complexity index is 1180. The molecule has 0 aliphatic carbocycles. The van der Waals surface area contributed by atoms with E-state index in [2.05, 4.69) is 20.3 Å². The number of thiazole rings is 1. The fourth-order valence-corrected chi connectivity index (χ4v) is 3.58. The summed E-state index contributed by atoms with van der Waals surface area (Å²) in [6.45, 7) is 4.11. The summed E-state index contributed by atoms with van der Waals surface area (Å²) < 4.78 is 3.36. The van der Waals surface area contributed by atoms with Crippen molar-refractivity contribution in [2.45, 2.75) is 26.9 Å². The normalized spacial score (nSPS) is 11.1. The summed E-state index contributed by atoms with van der Waals surface area (Å²) in [5, 5.41) is 4.74. The Labute approximate surface area is 164 Å². The number of fused-ring (bicyclic) bond motifs is 1. The highest BCUT2D eigenvalue weighted by molar-refractivity contribution is 7.15. The maximum atomic E-state index is 12.8. The maximum absolute atomic E-state index is 12.8. The average Bonchev–Trinajstić information content (AvgIpc) is 3.26. The monoisotopic (exact) mass is 394 g/mol. The predicted octanol–water partition coefficient (Wildman–Crippen LogP) is 1.94. The van der Waals surface area contributed by atoms with E-state index < -0.39 is 5.91 Å². The molecule has 9 heteroatoms. The molecule has 4 aromatic rings. The minimum absolute atomic E-state index is 0.128. The van der Waals surface area contributed by atoms with Gasteiger partial charge in [0.15, 0.2) is 4.96 Å². The second-order valence-electron chi connectivity index (χ2n) is 6.46. The number of imidazole rings is 1. The second kappa shape index (κ2) is 7.35. The zero-order valence-electron chi connectivity index (χ0n) is 15.4. The van der Waals surface area contributed by atoms with Crippen molar-refractivity contribution < 1.29 is 4.79 Å². The first-order chi connectivity index (χ1) is 13.5. The number of amides is 1. The van der Waals surface area contributed by atoms with Crippen LogP contribution < -0.4 is 10.9 Å². The third-order valence-corrected chi connectivity index (χ3v) is 5.11. The molecule has 4 heterocycles. The fraction of sp³-hybridized carbons (Fsp3) is 0.211. The minimum atomic E-state index is -0.414. The lowest BCUT2D eigenvalue weighted by Crippen LogP contribution is -2.34. The molecule has 0 atom stereocenters. The van der Waals surface area contributed by atoms with Gasteiger partial charge in [0.1, 0.15) is 5.56 Å². The predicted molar refractivity (Wildman–Crippen MR) is 106 cm³/mol. The van der Waals surface area contributed by atoms with E-state index in [4.69, 9.17) is 0 Å². The van der Waals surface area contributed by atoms with E-state index in [-0.39, 0.29) is 24.2 Å². The Morgan fingerprint density at radius 2 is 2.04 bits per heavy atom. The third kappa shape index (κ3) is 3.56. The molecule has 0 bridgehead atoms. The lowest BCUT2D eigenvalue weighted by Gasteiger charge is -2.10. The molecule has 0 aliphatic heterocycles. The molecular formula is C19H18N6O2S. The van der Waals surface area contributed by atoms with E-state index in [9.17, 15) is 9.59 Å². The molecule has 0 saturated carbocycles. The van der Waals surface area contributed by atoms with Crippen LogP contribution in [-0.4, -0.2) is 29.8 Å². The van der Waals surface area contributed by atoms with Crippen molar-refractivity contribution in [1.29, 1.82) is 0 Å². The Morgan fingerprint density at radius 1 is 1.18 bits per heavy atom. The molecule has 0 aliphatic rings. The van der Waals surface area contributed by atoms with Crippen LogP contribution in [0.1, 0.15) is 33.0 Å². The molecule has 4 rings (SSSR count). The first-order valence-electron chi connectivity index (χ1n) is 8.68. The Morgan fingerprint density at radius 3 is 2.79 bits per heavy atom. The van der Waals surface area contributed by atoms with Gasteiger partial charge in [0, 0.05) is 30.2 Å². The number of pyridine rings is 1. The molecule has 1 amide bonds. The quantitative estimate of drug-likeness (QED) is 0.558. The van der Waals surface area contributed by atoms with Crippen LogP contribution in [0, 0.1) is 13.8 Å². The van der Waals surface area contributed by atoms with Crippen molar-refractivity contribution in [2.24, 2.45) is 0 Å². The van der Waals surface area contributed by atoms with E-state index in [1.807, 2.05) is 29.1 Å². The van der Waals surface area contributed by atoms with E-state index >= 15 is 0 Å². The fourth-order valence-electron chi connectivity index (χ4n) is 2.86. The van der Waals surface area contributed by atoms with Gasteiger partial charge in [-0.05, 0) is 25.5 Å². The van der Waals surface area contributed by atoms with Crippen LogP contribution in [0.4, 0.5) is 0 Å². The van der Waals surface area contributed by atoms with E-state index in [0.717, 1.165) is 16.3 Å². The highest BCUT2D eigenvalue weighted by Crippen LogP contribution is 2.11. The molecule has 0 saturated heterocycles. The smallest absolute Gasteiger partial charge is 0.264 e. The first kappa shape index (κ1) is 18.1. The van der Waals surface area contributed by atoms with Crippen molar-refractivity contribution >= 4 is 22.2 Å². The van der Waals surface area contributed by atoms with Crippen molar-refractivity contribution in [1.82, 2.24) is 29.2 Å². The average molecular weight is 394 g/mol. The summed E-state index contributed by atoms with van der Waals surface area (Å²) in [7, 11) is 0. The third-order valence-electron chi connectivity index (χ3n) is 4.34. The van der Waals surface area contributed by atoms with E-state index in [1.165, 1.54) is 15.9 Å². The number of hydrogen-bond donors (Lipinski definition) is 1. The van der Waals surface area contributed by atoms with Crippen LogP contribution in [0.25, 0.3) is 4.96 Å². The topological polar surface area (TPSA) is 94.2 Å². The van der Waals surface area contributed by atoms with E-state index in [0.29, 0.717) is 11.3 Å². The van der Waals surface area contributed by atoms with Crippen LogP contribution in [0.3, 0.4) is 0 Å². The lowest BCUT2D eigenvalue weighted by atomic mass is 10.1. The van der Waals surface area contributed by atoms with Gasteiger partial charge in [0.25, 0.3) is 11.5 Å². The van der Waals surface area contributed by atoms with Crippen LogP contribution in [-0.2, 0) is 13.1 Å². The lowest BCUT2D eigenvalue weighted by molar-refractivity contribution is 0.0947. The van der Waals surface area contributed by atoms with E-state index in [1.54, 1.807) is 31.6 Å². The number of carbonyl (C=O) groups is 1. The molecule has 0 fully saturated rings. The van der Waals surface area contributed by atoms with Crippen LogP contribution in [0.2, 0.25) is 0 Å². The van der Waals surface area contributed by atoms with Gasteiger partial charge in [-0.1, -0.05) is 0 Å². The van der Waals surface area contributed by atoms with Gasteiger partial charge in [-0.2, -0.15) is 0 Å². The largest absolute Gasteiger partial charge is 0.346 e. The van der Waals surface area contributed by atoms with Crippen LogP contribution in [0.5, 0.6) is 0 Å². The zero-order valence-corrected chi connectivity index (χ0v) is 16.2. The second-order valence-corrected chi connectivity index (χ2v) is 7.34. The summed E-state index contributed by atoms with van der Waals surface area (Å²) in [6.07, 6.45) is 8.72. The maximum Gasteiger partial charge on any atom is 0.264 e. The minimum Gasteiger partial charge on any atom is -0.346 e. The SMILES string of the molecule is Cc1cnc(Cn2ccc(C)c(C(=O)NCc3cn4ccsc4n3)c2=O)cn1. The molecule has 0 unspecified atom stereocenters. The number of rotatable bonds is 5. The number of nitrogens with one attached hydrogen (secondary N) is 1. The molecule has 8 nitrogen and oxygen atoms in total. The van der Waals surface area contributed by atoms with Crippen molar-refractivity contribution in [2.75, 3.05) is 0 Å². The molecule has 4 aromatic heterocycles. The highest BCUT2D eigenvalue weighted by atomic mass is 32.1. The summed E-state index contributed by atoms with van der Waals surface area (Å²) in [4.78, 5) is 39.3. The van der Waals surface area contributed by atoms with Gasteiger partial charge in [-0.3, -0.25) is 24.0 Å². The van der Waals surface area contributed by atoms with Gasteiger partial charge in [-0.25, -0.2) is 4.98 Å².